The normalized spacial score (nSPS) is 14.5. The number of fused-ring (bicyclic) bond motifs is 2. The Hall–Kier alpha value is -4.84. The van der Waals surface area contributed by atoms with E-state index in [9.17, 15) is 9.59 Å². The molecule has 1 N–H and O–H groups in total. The third-order valence-electron chi connectivity index (χ3n) is 7.46. The van der Waals surface area contributed by atoms with Gasteiger partial charge in [0, 0.05) is 35.6 Å². The van der Waals surface area contributed by atoms with Crippen molar-refractivity contribution in [3.05, 3.63) is 125 Å². The summed E-state index contributed by atoms with van der Waals surface area (Å²) >= 11 is 0. The molecule has 0 saturated heterocycles. The van der Waals surface area contributed by atoms with Crippen LogP contribution in [0.25, 0.3) is 22.2 Å². The number of hydrogen-bond acceptors (Lipinski definition) is 3. The van der Waals surface area contributed by atoms with Crippen LogP contribution in [0.4, 0.5) is 0 Å². The van der Waals surface area contributed by atoms with E-state index in [1.54, 1.807) is 12.0 Å². The van der Waals surface area contributed by atoms with Gasteiger partial charge < -0.3 is 19.5 Å². The molecule has 2 heterocycles. The third-order valence-corrected chi connectivity index (χ3v) is 7.46. The van der Waals surface area contributed by atoms with Gasteiger partial charge in [0.1, 0.15) is 12.3 Å². The van der Waals surface area contributed by atoms with Crippen molar-refractivity contribution in [2.24, 2.45) is 7.05 Å². The molecule has 6 rings (SSSR count). The molecule has 4 aromatic carbocycles. The molecule has 1 atom stereocenters. The van der Waals surface area contributed by atoms with Crippen molar-refractivity contribution < 1.29 is 14.3 Å². The molecule has 0 aliphatic carbocycles. The molecule has 1 aliphatic heterocycles. The summed E-state index contributed by atoms with van der Waals surface area (Å²) in [6, 6.07) is 33.3. The summed E-state index contributed by atoms with van der Waals surface area (Å²) in [4.78, 5) is 28.8. The highest BCUT2D eigenvalue weighted by atomic mass is 16.5. The first-order chi connectivity index (χ1) is 19.1. The highest BCUT2D eigenvalue weighted by Gasteiger charge is 2.41. The number of aromatic nitrogens is 1. The molecule has 0 radical (unpaired) electrons. The van der Waals surface area contributed by atoms with Crippen molar-refractivity contribution in [1.29, 1.82) is 0 Å². The SMILES string of the molecule is COc1cccc(CNC(=O)CN2C(=O)c3ccccc3C2c2c(-c3ccccc3)n(C)c3ccccc23)c1. The zero-order valence-electron chi connectivity index (χ0n) is 21.9. The largest absolute Gasteiger partial charge is 0.497 e. The number of amides is 2. The number of benzene rings is 4. The topological polar surface area (TPSA) is 63.6 Å². The van der Waals surface area contributed by atoms with Crippen LogP contribution in [0.3, 0.4) is 0 Å². The lowest BCUT2D eigenvalue weighted by molar-refractivity contribution is -0.122. The Labute approximate surface area is 227 Å². The molecule has 194 valence electrons. The molecule has 2 amide bonds. The zero-order chi connectivity index (χ0) is 26.9. The monoisotopic (exact) mass is 515 g/mol. The Morgan fingerprint density at radius 2 is 1.64 bits per heavy atom. The summed E-state index contributed by atoms with van der Waals surface area (Å²) in [5.41, 5.74) is 6.67. The maximum absolute atomic E-state index is 13.8. The molecule has 0 saturated carbocycles. The van der Waals surface area contributed by atoms with Crippen molar-refractivity contribution in [3.8, 4) is 17.0 Å². The van der Waals surface area contributed by atoms with E-state index in [1.165, 1.54) is 0 Å². The quantitative estimate of drug-likeness (QED) is 0.302. The van der Waals surface area contributed by atoms with Crippen LogP contribution in [0.2, 0.25) is 0 Å². The Balaban J connectivity index is 1.42. The molecule has 0 spiro atoms. The fraction of sp³-hybridized carbons (Fsp3) is 0.152. The van der Waals surface area contributed by atoms with E-state index < -0.39 is 6.04 Å². The number of carbonyl (C=O) groups is 2. The molecule has 5 aromatic rings. The van der Waals surface area contributed by atoms with Gasteiger partial charge >= 0.3 is 0 Å². The minimum Gasteiger partial charge on any atom is -0.497 e. The van der Waals surface area contributed by atoms with Gasteiger partial charge in [-0.1, -0.05) is 78.9 Å². The first-order valence-electron chi connectivity index (χ1n) is 13.0. The van der Waals surface area contributed by atoms with Crippen LogP contribution in [-0.4, -0.2) is 34.9 Å². The number of ether oxygens (including phenoxy) is 1. The summed E-state index contributed by atoms with van der Waals surface area (Å²) in [6.45, 7) is 0.290. The van der Waals surface area contributed by atoms with Crippen LogP contribution in [0, 0.1) is 0 Å². The van der Waals surface area contributed by atoms with Gasteiger partial charge in [-0.2, -0.15) is 0 Å². The van der Waals surface area contributed by atoms with Gasteiger partial charge in [0.25, 0.3) is 5.91 Å². The van der Waals surface area contributed by atoms with Gasteiger partial charge in [-0.15, -0.1) is 0 Å². The van der Waals surface area contributed by atoms with Crippen LogP contribution in [0.5, 0.6) is 5.75 Å². The molecule has 1 unspecified atom stereocenters. The minimum absolute atomic E-state index is 0.0560. The van der Waals surface area contributed by atoms with Gasteiger partial charge in [0.15, 0.2) is 0 Å². The van der Waals surface area contributed by atoms with Crippen LogP contribution < -0.4 is 10.1 Å². The van der Waals surface area contributed by atoms with Gasteiger partial charge in [-0.05, 0) is 41.0 Å². The van der Waals surface area contributed by atoms with Crippen molar-refractivity contribution >= 4 is 22.7 Å². The van der Waals surface area contributed by atoms with Crippen molar-refractivity contribution in [2.45, 2.75) is 12.6 Å². The molecular formula is C33H29N3O3. The number of methoxy groups -OCH3 is 1. The number of hydrogen-bond donors (Lipinski definition) is 1. The molecule has 0 fully saturated rings. The van der Waals surface area contributed by atoms with E-state index >= 15 is 0 Å². The second kappa shape index (κ2) is 10.1. The van der Waals surface area contributed by atoms with E-state index in [1.807, 2.05) is 78.9 Å². The lowest BCUT2D eigenvalue weighted by atomic mass is 9.93. The summed E-state index contributed by atoms with van der Waals surface area (Å²) in [6.07, 6.45) is 0. The van der Waals surface area contributed by atoms with E-state index in [0.29, 0.717) is 12.1 Å². The molecule has 6 nitrogen and oxygen atoms in total. The van der Waals surface area contributed by atoms with Crippen molar-refractivity contribution in [3.63, 3.8) is 0 Å². The number of nitrogens with zero attached hydrogens (tertiary/aromatic N) is 2. The maximum Gasteiger partial charge on any atom is 0.255 e. The second-order valence-electron chi connectivity index (χ2n) is 9.76. The molecule has 1 aromatic heterocycles. The average molecular weight is 516 g/mol. The second-order valence-corrected chi connectivity index (χ2v) is 9.76. The zero-order valence-corrected chi connectivity index (χ0v) is 21.9. The third kappa shape index (κ3) is 4.34. The summed E-state index contributed by atoms with van der Waals surface area (Å²) in [5.74, 6) is 0.376. The van der Waals surface area contributed by atoms with Gasteiger partial charge in [-0.25, -0.2) is 0 Å². The van der Waals surface area contributed by atoms with E-state index in [0.717, 1.165) is 44.6 Å². The van der Waals surface area contributed by atoms with Gasteiger partial charge in [0.2, 0.25) is 5.91 Å². The highest BCUT2D eigenvalue weighted by Crippen LogP contribution is 2.46. The average Bonchev–Trinajstić information content (AvgIpc) is 3.42. The first kappa shape index (κ1) is 24.5. The standard InChI is InChI=1S/C33H29N3O3/c1-35-28-18-9-8-17-27(28)30(31(35)23-12-4-3-5-13-23)32-25-15-6-7-16-26(25)33(38)36(32)21-29(37)34-20-22-11-10-14-24(19-22)39-2/h3-19,32H,20-21H2,1-2H3,(H,34,37). The molecule has 39 heavy (non-hydrogen) atoms. The van der Waals surface area contributed by atoms with E-state index in [-0.39, 0.29) is 18.4 Å². The Morgan fingerprint density at radius 1 is 0.897 bits per heavy atom. The number of nitrogens with one attached hydrogen (secondary N) is 1. The molecule has 1 aliphatic rings. The predicted molar refractivity (Wildman–Crippen MR) is 153 cm³/mol. The number of rotatable bonds is 7. The van der Waals surface area contributed by atoms with Crippen LogP contribution in [0.15, 0.2) is 103 Å². The number of carbonyl (C=O) groups excluding carboxylic acids is 2. The van der Waals surface area contributed by atoms with Gasteiger partial charge in [0.05, 0.1) is 18.8 Å². The summed E-state index contributed by atoms with van der Waals surface area (Å²) in [5, 5.41) is 4.06. The number of para-hydroxylation sites is 1. The minimum atomic E-state index is -0.405. The van der Waals surface area contributed by atoms with Crippen LogP contribution in [0.1, 0.15) is 33.1 Å². The Kier molecular flexibility index (Phi) is 6.37. The molecule has 0 bridgehead atoms. The lowest BCUT2D eigenvalue weighted by Gasteiger charge is -2.26. The Morgan fingerprint density at radius 3 is 2.46 bits per heavy atom. The van der Waals surface area contributed by atoms with Crippen LogP contribution >= 0.6 is 0 Å². The summed E-state index contributed by atoms with van der Waals surface area (Å²) < 4.78 is 7.49. The smallest absolute Gasteiger partial charge is 0.255 e. The van der Waals surface area contributed by atoms with Crippen molar-refractivity contribution in [2.75, 3.05) is 13.7 Å². The molecular weight excluding hydrogens is 486 g/mol. The predicted octanol–water partition coefficient (Wildman–Crippen LogP) is 5.72. The van der Waals surface area contributed by atoms with E-state index in [4.69, 9.17) is 4.74 Å². The fourth-order valence-electron chi connectivity index (χ4n) is 5.68. The van der Waals surface area contributed by atoms with Gasteiger partial charge in [-0.3, -0.25) is 9.59 Å². The van der Waals surface area contributed by atoms with E-state index in [2.05, 4.69) is 41.2 Å². The van der Waals surface area contributed by atoms with Crippen molar-refractivity contribution in [1.82, 2.24) is 14.8 Å². The highest BCUT2D eigenvalue weighted by molar-refractivity contribution is 6.03. The Bertz CT molecular complexity index is 1690. The first-order valence-corrected chi connectivity index (χ1v) is 13.0. The molecule has 6 heteroatoms. The fourth-order valence-corrected chi connectivity index (χ4v) is 5.68. The maximum atomic E-state index is 13.8. The lowest BCUT2D eigenvalue weighted by Crippen LogP contribution is -2.39. The number of aryl methyl sites for hydroxylation is 1. The summed E-state index contributed by atoms with van der Waals surface area (Å²) in [7, 11) is 3.67. The van der Waals surface area contributed by atoms with Crippen LogP contribution in [-0.2, 0) is 18.4 Å².